The number of nitro groups is 1. The number of anilines is 1. The Morgan fingerprint density at radius 2 is 2.07 bits per heavy atom. The maximum absolute atomic E-state index is 12.9. The molecule has 2 aromatic carbocycles. The van der Waals surface area contributed by atoms with Crippen LogP contribution < -0.4 is 5.32 Å². The quantitative estimate of drug-likeness (QED) is 0.637. The molecule has 0 saturated carbocycles. The van der Waals surface area contributed by atoms with Crippen molar-refractivity contribution in [3.8, 4) is 0 Å². The minimum atomic E-state index is -0.454. The summed E-state index contributed by atoms with van der Waals surface area (Å²) in [4.78, 5) is 37.7. The number of carbonyl (C=O) groups excluding carboxylic acids is 2. The van der Waals surface area contributed by atoms with Crippen molar-refractivity contribution in [3.63, 3.8) is 0 Å². The van der Waals surface area contributed by atoms with Gasteiger partial charge in [0.15, 0.2) is 0 Å². The van der Waals surface area contributed by atoms with E-state index in [1.54, 1.807) is 43.1 Å². The lowest BCUT2D eigenvalue weighted by atomic mass is 10.1. The Balaban J connectivity index is 1.84. The second kappa shape index (κ2) is 7.79. The number of benzene rings is 2. The van der Waals surface area contributed by atoms with Gasteiger partial charge in [0.1, 0.15) is 0 Å². The van der Waals surface area contributed by atoms with Gasteiger partial charge in [-0.2, -0.15) is 0 Å². The predicted octanol–water partition coefficient (Wildman–Crippen LogP) is 3.86. The normalized spacial score (nSPS) is 14.5. The third-order valence-electron chi connectivity index (χ3n) is 4.55. The summed E-state index contributed by atoms with van der Waals surface area (Å²) in [6.07, 6.45) is 0.437. The van der Waals surface area contributed by atoms with Crippen LogP contribution in [0.5, 0.6) is 0 Å². The average molecular weight is 385 g/mol. The predicted molar refractivity (Wildman–Crippen MR) is 104 cm³/mol. The number of thioether (sulfide) groups is 1. The molecule has 1 N–H and O–H groups in total. The first kappa shape index (κ1) is 18.9. The van der Waals surface area contributed by atoms with Crippen LogP contribution in [-0.4, -0.2) is 34.4 Å². The smallest absolute Gasteiger partial charge is 0.269 e. The van der Waals surface area contributed by atoms with Crippen LogP contribution in [0.1, 0.15) is 35.3 Å². The van der Waals surface area contributed by atoms with Crippen molar-refractivity contribution in [2.75, 3.05) is 18.1 Å². The van der Waals surface area contributed by atoms with Gasteiger partial charge in [-0.05, 0) is 30.7 Å². The molecule has 0 fully saturated rings. The van der Waals surface area contributed by atoms with E-state index in [9.17, 15) is 19.7 Å². The van der Waals surface area contributed by atoms with Gasteiger partial charge in [0.2, 0.25) is 5.91 Å². The van der Waals surface area contributed by atoms with E-state index in [2.05, 4.69) is 5.32 Å². The number of nitro benzene ring substituents is 1. The van der Waals surface area contributed by atoms with Gasteiger partial charge >= 0.3 is 0 Å². The molecule has 0 aromatic heterocycles. The molecule has 140 valence electrons. The van der Waals surface area contributed by atoms with Crippen LogP contribution in [-0.2, 0) is 4.79 Å². The highest BCUT2D eigenvalue weighted by atomic mass is 32.2. The first-order valence-electron chi connectivity index (χ1n) is 8.45. The van der Waals surface area contributed by atoms with Crippen molar-refractivity contribution in [1.82, 2.24) is 4.90 Å². The van der Waals surface area contributed by atoms with Crippen LogP contribution in [0.2, 0.25) is 0 Å². The van der Waals surface area contributed by atoms with Crippen molar-refractivity contribution in [2.45, 2.75) is 24.3 Å². The Bertz CT molecular complexity index is 916. The molecule has 0 radical (unpaired) electrons. The van der Waals surface area contributed by atoms with Crippen molar-refractivity contribution >= 4 is 35.0 Å². The number of carbonyl (C=O) groups is 2. The Labute approximate surface area is 160 Å². The lowest BCUT2D eigenvalue weighted by Crippen LogP contribution is -2.29. The monoisotopic (exact) mass is 385 g/mol. The fourth-order valence-electron chi connectivity index (χ4n) is 2.85. The second-order valence-electron chi connectivity index (χ2n) is 6.30. The highest BCUT2D eigenvalue weighted by molar-refractivity contribution is 7.99. The molecule has 0 bridgehead atoms. The SMILES string of the molecule is C[C@H](c1cccc([N+](=O)[O-])c1)N(C)C(=O)c1ccc2c(c1)NC(=O)CCS2. The average Bonchev–Trinajstić information content (AvgIpc) is 2.86. The van der Waals surface area contributed by atoms with Crippen LogP contribution in [0.3, 0.4) is 0 Å². The molecule has 1 atom stereocenters. The Morgan fingerprint density at radius 3 is 2.81 bits per heavy atom. The summed E-state index contributed by atoms with van der Waals surface area (Å²) in [6.45, 7) is 1.82. The van der Waals surface area contributed by atoms with E-state index < -0.39 is 4.92 Å². The van der Waals surface area contributed by atoms with Gasteiger partial charge in [-0.1, -0.05) is 12.1 Å². The fraction of sp³-hybridized carbons (Fsp3) is 0.263. The maximum atomic E-state index is 12.9. The van der Waals surface area contributed by atoms with Crippen LogP contribution in [0.25, 0.3) is 0 Å². The van der Waals surface area contributed by atoms with Gasteiger partial charge in [-0.3, -0.25) is 19.7 Å². The highest BCUT2D eigenvalue weighted by Crippen LogP contribution is 2.32. The van der Waals surface area contributed by atoms with Crippen LogP contribution in [0, 0.1) is 10.1 Å². The van der Waals surface area contributed by atoms with Crippen molar-refractivity contribution < 1.29 is 14.5 Å². The summed E-state index contributed by atoms with van der Waals surface area (Å²) < 4.78 is 0. The van der Waals surface area contributed by atoms with E-state index in [1.807, 2.05) is 13.0 Å². The summed E-state index contributed by atoms with van der Waals surface area (Å²) in [7, 11) is 1.66. The zero-order valence-corrected chi connectivity index (χ0v) is 15.8. The lowest BCUT2D eigenvalue weighted by molar-refractivity contribution is -0.384. The van der Waals surface area contributed by atoms with Gasteiger partial charge in [0.05, 0.1) is 16.7 Å². The van der Waals surface area contributed by atoms with E-state index in [1.165, 1.54) is 17.0 Å². The number of nitrogens with zero attached hydrogens (tertiary/aromatic N) is 2. The van der Waals surface area contributed by atoms with Crippen molar-refractivity contribution in [3.05, 3.63) is 63.7 Å². The molecular formula is C19H19N3O4S. The van der Waals surface area contributed by atoms with Gasteiger partial charge in [0.25, 0.3) is 11.6 Å². The third kappa shape index (κ3) is 4.11. The molecule has 7 nitrogen and oxygen atoms in total. The first-order chi connectivity index (χ1) is 12.9. The number of non-ortho nitro benzene ring substituents is 1. The zero-order chi connectivity index (χ0) is 19.6. The number of fused-ring (bicyclic) bond motifs is 1. The van der Waals surface area contributed by atoms with Gasteiger partial charge in [0, 0.05) is 41.8 Å². The summed E-state index contributed by atoms with van der Waals surface area (Å²) in [5.41, 5.74) is 1.77. The molecule has 3 rings (SSSR count). The first-order valence-corrected chi connectivity index (χ1v) is 9.43. The number of amides is 2. The van der Waals surface area contributed by atoms with Crippen molar-refractivity contribution in [2.24, 2.45) is 0 Å². The molecule has 8 heteroatoms. The van der Waals surface area contributed by atoms with Crippen LogP contribution in [0.4, 0.5) is 11.4 Å². The molecule has 1 aliphatic heterocycles. The van der Waals surface area contributed by atoms with Gasteiger partial charge < -0.3 is 10.2 Å². The van der Waals surface area contributed by atoms with E-state index in [-0.39, 0.29) is 23.5 Å². The van der Waals surface area contributed by atoms with E-state index in [0.717, 1.165) is 4.90 Å². The molecule has 0 saturated heterocycles. The minimum Gasteiger partial charge on any atom is -0.335 e. The maximum Gasteiger partial charge on any atom is 0.269 e. The van der Waals surface area contributed by atoms with Gasteiger partial charge in [-0.15, -0.1) is 11.8 Å². The summed E-state index contributed by atoms with van der Waals surface area (Å²) in [5, 5.41) is 13.8. The molecule has 0 unspecified atom stereocenters. The van der Waals surface area contributed by atoms with E-state index in [4.69, 9.17) is 0 Å². The summed E-state index contributed by atoms with van der Waals surface area (Å²) >= 11 is 1.58. The Morgan fingerprint density at radius 1 is 1.30 bits per heavy atom. The summed E-state index contributed by atoms with van der Waals surface area (Å²) in [6, 6.07) is 11.2. The van der Waals surface area contributed by atoms with Crippen molar-refractivity contribution in [1.29, 1.82) is 0 Å². The number of hydrogen-bond donors (Lipinski definition) is 1. The lowest BCUT2D eigenvalue weighted by Gasteiger charge is -2.25. The third-order valence-corrected chi connectivity index (χ3v) is 5.63. The highest BCUT2D eigenvalue weighted by Gasteiger charge is 2.22. The molecule has 1 aliphatic rings. The topological polar surface area (TPSA) is 92.6 Å². The Kier molecular flexibility index (Phi) is 5.46. The molecule has 1 heterocycles. The zero-order valence-electron chi connectivity index (χ0n) is 15.0. The Hall–Kier alpha value is -2.87. The standard InChI is InChI=1S/C19H19N3O4S/c1-12(13-4-3-5-15(10-13)22(25)26)21(2)19(24)14-6-7-17-16(11-14)20-18(23)8-9-27-17/h3-7,10-12H,8-9H2,1-2H3,(H,20,23)/t12-/m1/s1. The number of nitrogens with one attached hydrogen (secondary N) is 1. The molecule has 0 aliphatic carbocycles. The number of rotatable bonds is 4. The largest absolute Gasteiger partial charge is 0.335 e. The molecule has 0 spiro atoms. The molecule has 27 heavy (non-hydrogen) atoms. The van der Waals surface area contributed by atoms with E-state index >= 15 is 0 Å². The van der Waals surface area contributed by atoms with Gasteiger partial charge in [-0.25, -0.2) is 0 Å². The van der Waals surface area contributed by atoms with E-state index in [0.29, 0.717) is 29.0 Å². The van der Waals surface area contributed by atoms with Crippen LogP contribution in [0.15, 0.2) is 47.4 Å². The second-order valence-corrected chi connectivity index (χ2v) is 7.44. The number of hydrogen-bond acceptors (Lipinski definition) is 5. The molecule has 2 aromatic rings. The minimum absolute atomic E-state index is 0.00929. The fourth-order valence-corrected chi connectivity index (χ4v) is 3.79. The molecular weight excluding hydrogens is 366 g/mol. The molecule has 2 amide bonds. The summed E-state index contributed by atoms with van der Waals surface area (Å²) in [5.74, 6) is 0.417. The van der Waals surface area contributed by atoms with Crippen LogP contribution >= 0.6 is 11.8 Å².